The van der Waals surface area contributed by atoms with E-state index in [9.17, 15) is 46.5 Å². The summed E-state index contributed by atoms with van der Waals surface area (Å²) in [6.07, 6.45) is 6.59. The van der Waals surface area contributed by atoms with Crippen molar-refractivity contribution >= 4 is 66.6 Å². The van der Waals surface area contributed by atoms with E-state index >= 15 is 0 Å². The normalized spacial score (nSPS) is 13.3. The lowest BCUT2D eigenvalue weighted by molar-refractivity contribution is -0.890. The molecule has 0 saturated carbocycles. The summed E-state index contributed by atoms with van der Waals surface area (Å²) in [7, 11) is 1.00. The molecule has 0 radical (unpaired) electrons. The van der Waals surface area contributed by atoms with Crippen LogP contribution >= 0.6 is 23.5 Å². The molecule has 2 N–H and O–H groups in total. The third-order valence-electron chi connectivity index (χ3n) is 21.6. The number of nitriles is 2. The van der Waals surface area contributed by atoms with E-state index in [2.05, 4.69) is 78.7 Å². The fourth-order valence-corrected chi connectivity index (χ4v) is 18.0. The Hall–Kier alpha value is -9.26. The lowest BCUT2D eigenvalue weighted by Crippen LogP contribution is -2.50. The van der Waals surface area contributed by atoms with E-state index in [-0.39, 0.29) is 67.3 Å². The van der Waals surface area contributed by atoms with Gasteiger partial charge >= 0.3 is 0 Å². The number of Topliss-reactive ketones (excluding diaryl/α,β-unsaturated/α-hetero) is 2. The summed E-state index contributed by atoms with van der Waals surface area (Å²) in [5.41, 5.74) is -0.793. The molecule has 0 heterocycles. The quantitative estimate of drug-likeness (QED) is 0.0266. The van der Waals surface area contributed by atoms with Gasteiger partial charge in [-0.2, -0.15) is 34.0 Å². The monoisotopic (exact) mass is 1610 g/mol. The number of hydrogen-bond donors (Lipinski definition) is 2. The van der Waals surface area contributed by atoms with Crippen molar-refractivity contribution in [2.24, 2.45) is 21.7 Å². The molecule has 2 amide bonds. The minimum Gasteiger partial charge on any atom is -0.457 e. The van der Waals surface area contributed by atoms with E-state index in [1.807, 2.05) is 86.6 Å². The van der Waals surface area contributed by atoms with Crippen molar-refractivity contribution in [1.82, 2.24) is 10.6 Å². The minimum atomic E-state index is -3.90. The van der Waals surface area contributed by atoms with Crippen molar-refractivity contribution in [1.29, 1.82) is 10.5 Å². The molecule has 0 aromatic heterocycles. The van der Waals surface area contributed by atoms with E-state index in [4.69, 9.17) is 18.9 Å². The molecule has 22 heteroatoms. The Morgan fingerprint density at radius 3 is 0.867 bits per heavy atom. The Labute approximate surface area is 679 Å². The second-order valence-corrected chi connectivity index (χ2v) is 38.4. The van der Waals surface area contributed by atoms with Crippen LogP contribution in [0, 0.1) is 44.3 Å². The summed E-state index contributed by atoms with van der Waals surface area (Å²) < 4.78 is 81.4. The van der Waals surface area contributed by atoms with E-state index in [0.29, 0.717) is 70.6 Å². The number of ketones is 2. The standard InChI is InChI=1S/C91H110N6O12S4/c1-15-17-55-96(11,12)57-19-53-94-85(100)90(9,87(3,4)63-92)65-110-61-71(98)59-67-21-29-73(30-22-67)106-77-37-45-81(46-38-77)112(102,103)83-49-41-79(42-50-83)108-75-33-25-69(26-34-75)89(7,8)70-27-35-76(36-28-70)109-80-43-51-84(52-44-80)113(104,105)82-47-39-78(40-48-82)107-74-31-23-68(24-32-74)60-72(99)62-111-66-91(10,88(5,6)64-93)86(101)95-54-20-58-97(13,14)56-18-16-2/h21-52H,15-20,53-62,65-66H2,1-14H3/p+2. The molecule has 0 bridgehead atoms. The maximum Gasteiger partial charge on any atom is 0.228 e. The van der Waals surface area contributed by atoms with Gasteiger partial charge in [-0.3, -0.25) is 19.2 Å². The van der Waals surface area contributed by atoms with Crippen LogP contribution in [0.3, 0.4) is 0 Å². The molecule has 8 aromatic rings. The number of rotatable bonds is 44. The molecule has 8 rings (SSSR count). The average Bonchev–Trinajstić information content (AvgIpc) is 0.834. The van der Waals surface area contributed by atoms with E-state index in [0.717, 1.165) is 95.9 Å². The number of nitrogens with zero attached hydrogens (tertiary/aromatic N) is 4. The number of amides is 2. The zero-order valence-corrected chi connectivity index (χ0v) is 71.3. The first-order chi connectivity index (χ1) is 53.4. The fraction of sp³-hybridized carbons (Fsp3) is 0.407. The van der Waals surface area contributed by atoms with Gasteiger partial charge in [0.05, 0.1) is 119 Å². The van der Waals surface area contributed by atoms with Gasteiger partial charge in [-0.05, 0) is 222 Å². The first-order valence-electron chi connectivity index (χ1n) is 38.6. The van der Waals surface area contributed by atoms with Crippen molar-refractivity contribution in [2.75, 3.05) is 90.5 Å². The summed E-state index contributed by atoms with van der Waals surface area (Å²) >= 11 is 2.73. The Balaban J connectivity index is 0.751. The van der Waals surface area contributed by atoms with Crippen molar-refractivity contribution in [3.63, 3.8) is 0 Å². The molecule has 0 spiro atoms. The van der Waals surface area contributed by atoms with Crippen molar-refractivity contribution in [2.45, 2.75) is 146 Å². The van der Waals surface area contributed by atoms with Crippen LogP contribution in [0.4, 0.5) is 0 Å². The summed E-state index contributed by atoms with van der Waals surface area (Å²) in [5.74, 6) is 4.49. The van der Waals surface area contributed by atoms with Crippen LogP contribution in [0.5, 0.6) is 46.0 Å². The SMILES string of the molecule is CCCC[N+](C)(C)CCCNC(=O)C(C)(CSCC(=O)Cc1ccc(Oc2ccc(S(=O)(=O)c3ccc(Oc4ccc(C(C)(C)c5ccc(Oc6ccc(S(=O)(=O)c7ccc(Oc8ccc(CC(=O)CSCC(C)(C(=O)NCCC[N+](C)(C)CCCC)C(C)(C)C#N)cc8)cc7)cc6)cc5)cc4)cc3)cc2)cc1)C(C)(C)C#N. The minimum absolute atomic E-state index is 0.0131. The van der Waals surface area contributed by atoms with Crippen molar-refractivity contribution in [3.05, 3.63) is 216 Å². The Morgan fingerprint density at radius 1 is 0.381 bits per heavy atom. The smallest absolute Gasteiger partial charge is 0.228 e. The van der Waals surface area contributed by atoms with Crippen LogP contribution in [0.25, 0.3) is 0 Å². The molecular weight excluding hydrogens is 1500 g/mol. The van der Waals surface area contributed by atoms with Gasteiger partial charge in [-0.15, -0.1) is 0 Å². The number of ether oxygens (including phenoxy) is 4. The summed E-state index contributed by atoms with van der Waals surface area (Å²) in [4.78, 5) is 54.0. The number of sulfone groups is 2. The van der Waals surface area contributed by atoms with Gasteiger partial charge in [-0.1, -0.05) is 89.1 Å². The van der Waals surface area contributed by atoms with Crippen molar-refractivity contribution < 1.29 is 63.9 Å². The molecule has 0 fully saturated rings. The Morgan fingerprint density at radius 2 is 0.619 bits per heavy atom. The number of benzene rings is 8. The van der Waals surface area contributed by atoms with Crippen LogP contribution in [0.15, 0.2) is 214 Å². The maximum atomic E-state index is 13.8. The molecule has 8 aromatic carbocycles. The molecule has 2 unspecified atom stereocenters. The second kappa shape index (κ2) is 39.2. The third-order valence-corrected chi connectivity index (χ3v) is 27.8. The summed E-state index contributed by atoms with van der Waals surface area (Å²) in [6.45, 7) is 24.4. The van der Waals surface area contributed by atoms with Gasteiger partial charge in [0.15, 0.2) is 0 Å². The summed E-state index contributed by atoms with van der Waals surface area (Å²) in [6, 6.07) is 59.1. The second-order valence-electron chi connectivity index (χ2n) is 32.5. The third kappa shape index (κ3) is 24.4. The van der Waals surface area contributed by atoms with Crippen LogP contribution in [-0.4, -0.2) is 140 Å². The number of carbonyl (C=O) groups is 4. The topological polar surface area (TPSA) is 245 Å². The molecular formula is C91H112N6O12S4+2. The highest BCUT2D eigenvalue weighted by Gasteiger charge is 2.49. The zero-order chi connectivity index (χ0) is 82.5. The van der Waals surface area contributed by atoms with Gasteiger partial charge in [0.2, 0.25) is 31.5 Å². The van der Waals surface area contributed by atoms with Gasteiger partial charge in [0.25, 0.3) is 0 Å². The van der Waals surface area contributed by atoms with Crippen molar-refractivity contribution in [3.8, 4) is 58.1 Å². The molecule has 18 nitrogen and oxygen atoms in total. The highest BCUT2D eigenvalue weighted by molar-refractivity contribution is 8.00. The largest absolute Gasteiger partial charge is 0.457 e. The number of unbranched alkanes of at least 4 members (excludes halogenated alkanes) is 2. The first-order valence-corrected chi connectivity index (χ1v) is 43.9. The lowest BCUT2D eigenvalue weighted by Gasteiger charge is -2.38. The Kier molecular flexibility index (Phi) is 31.0. The maximum absolute atomic E-state index is 13.8. The molecule has 600 valence electrons. The number of thioether (sulfide) groups is 2. The van der Waals surface area contributed by atoms with Gasteiger partial charge in [0, 0.05) is 55.7 Å². The van der Waals surface area contributed by atoms with E-state index in [1.54, 1.807) is 100 Å². The molecule has 2 atom stereocenters. The zero-order valence-electron chi connectivity index (χ0n) is 68.0. The number of nitrogens with one attached hydrogen (secondary N) is 2. The predicted molar refractivity (Wildman–Crippen MR) is 451 cm³/mol. The molecule has 0 aliphatic heterocycles. The van der Waals surface area contributed by atoms with Crippen LogP contribution in [-0.2, 0) is 57.1 Å². The van der Waals surface area contributed by atoms with Gasteiger partial charge in [-0.25, -0.2) is 16.8 Å². The average molecular weight is 1610 g/mol. The van der Waals surface area contributed by atoms with Gasteiger partial charge < -0.3 is 38.5 Å². The first kappa shape index (κ1) is 89.3. The van der Waals surface area contributed by atoms with Crippen LogP contribution in [0.2, 0.25) is 0 Å². The Bertz CT molecular complexity index is 4520. The molecule has 0 aliphatic carbocycles. The van der Waals surface area contributed by atoms with E-state index in [1.165, 1.54) is 72.1 Å². The molecule has 113 heavy (non-hydrogen) atoms. The lowest BCUT2D eigenvalue weighted by atomic mass is 9.68. The number of hydrogen-bond acceptors (Lipinski definition) is 16. The fourth-order valence-electron chi connectivity index (χ4n) is 12.8. The summed E-state index contributed by atoms with van der Waals surface area (Å²) in [5, 5.41) is 26.3. The number of quaternary nitrogens is 2. The van der Waals surface area contributed by atoms with Gasteiger partial charge in [0.1, 0.15) is 57.6 Å². The number of carbonyl (C=O) groups excluding carboxylic acids is 4. The molecule has 0 aliphatic rings. The molecule has 0 saturated heterocycles. The van der Waals surface area contributed by atoms with Crippen LogP contribution in [0.1, 0.15) is 130 Å². The van der Waals surface area contributed by atoms with E-state index < -0.39 is 46.7 Å². The van der Waals surface area contributed by atoms with Crippen LogP contribution < -0.4 is 29.6 Å². The highest BCUT2D eigenvalue weighted by atomic mass is 32.2. The highest BCUT2D eigenvalue weighted by Crippen LogP contribution is 2.44. The predicted octanol–water partition coefficient (Wildman–Crippen LogP) is 18.4.